The van der Waals surface area contributed by atoms with Gasteiger partial charge in [0.2, 0.25) is 0 Å². The summed E-state index contributed by atoms with van der Waals surface area (Å²) in [6, 6.07) is 2.05. The summed E-state index contributed by atoms with van der Waals surface area (Å²) in [5, 5.41) is 11.4. The summed E-state index contributed by atoms with van der Waals surface area (Å²) < 4.78 is 1.82. The molecule has 0 saturated heterocycles. The average Bonchev–Trinajstić information content (AvgIpc) is 2.78. The number of aromatic nitrogens is 4. The van der Waals surface area contributed by atoms with Crippen molar-refractivity contribution in [2.24, 2.45) is 0 Å². The van der Waals surface area contributed by atoms with E-state index in [4.69, 9.17) is 0 Å². The Kier molecular flexibility index (Phi) is 3.82. The standard InChI is InChI=1S/C12H17N5/c1-3-4-13-8-12-9-15-16-17(12)11-5-10(2)6-14-7-11/h5-7,9,13H,3-4,8H2,1-2H3. The van der Waals surface area contributed by atoms with Gasteiger partial charge in [0, 0.05) is 12.7 Å². The summed E-state index contributed by atoms with van der Waals surface area (Å²) >= 11 is 0. The van der Waals surface area contributed by atoms with E-state index in [1.807, 2.05) is 23.9 Å². The van der Waals surface area contributed by atoms with Crippen molar-refractivity contribution in [1.82, 2.24) is 25.3 Å². The van der Waals surface area contributed by atoms with Crippen LogP contribution in [-0.2, 0) is 6.54 Å². The quantitative estimate of drug-likeness (QED) is 0.792. The van der Waals surface area contributed by atoms with Crippen molar-refractivity contribution in [3.05, 3.63) is 35.9 Å². The van der Waals surface area contributed by atoms with E-state index in [9.17, 15) is 0 Å². The molecule has 0 spiro atoms. The summed E-state index contributed by atoms with van der Waals surface area (Å²) in [4.78, 5) is 4.17. The molecule has 0 aliphatic carbocycles. The fraction of sp³-hybridized carbons (Fsp3) is 0.417. The predicted octanol–water partition coefficient (Wildman–Crippen LogP) is 1.47. The SMILES string of the molecule is CCCNCc1cnnn1-c1cncc(C)c1. The molecule has 0 saturated carbocycles. The Morgan fingerprint density at radius 3 is 2.94 bits per heavy atom. The van der Waals surface area contributed by atoms with Crippen LogP contribution in [-0.4, -0.2) is 26.5 Å². The van der Waals surface area contributed by atoms with Gasteiger partial charge in [-0.05, 0) is 31.5 Å². The normalized spacial score (nSPS) is 10.7. The van der Waals surface area contributed by atoms with Crippen LogP contribution in [0.25, 0.3) is 5.69 Å². The Morgan fingerprint density at radius 2 is 2.18 bits per heavy atom. The monoisotopic (exact) mass is 231 g/mol. The highest BCUT2D eigenvalue weighted by molar-refractivity contribution is 5.31. The Bertz CT molecular complexity index is 477. The zero-order chi connectivity index (χ0) is 12.1. The van der Waals surface area contributed by atoms with Crippen LogP contribution < -0.4 is 5.32 Å². The van der Waals surface area contributed by atoms with Crippen LogP contribution in [0, 0.1) is 6.92 Å². The molecule has 2 aromatic rings. The van der Waals surface area contributed by atoms with E-state index in [1.165, 1.54) is 0 Å². The second-order valence-corrected chi connectivity index (χ2v) is 4.03. The minimum Gasteiger partial charge on any atom is -0.311 e. The van der Waals surface area contributed by atoms with Gasteiger partial charge in [0.1, 0.15) is 0 Å². The minimum absolute atomic E-state index is 0.773. The number of pyridine rings is 1. The number of nitrogens with zero attached hydrogens (tertiary/aromatic N) is 4. The Hall–Kier alpha value is -1.75. The summed E-state index contributed by atoms with van der Waals surface area (Å²) in [5.41, 5.74) is 3.12. The molecule has 5 nitrogen and oxygen atoms in total. The number of rotatable bonds is 5. The van der Waals surface area contributed by atoms with Crippen molar-refractivity contribution in [3.8, 4) is 5.69 Å². The second-order valence-electron chi connectivity index (χ2n) is 4.03. The van der Waals surface area contributed by atoms with Crippen LogP contribution in [0.3, 0.4) is 0 Å². The van der Waals surface area contributed by atoms with Gasteiger partial charge in [0.05, 0.1) is 23.8 Å². The lowest BCUT2D eigenvalue weighted by Crippen LogP contribution is -2.16. The molecule has 0 aromatic carbocycles. The van der Waals surface area contributed by atoms with Crippen molar-refractivity contribution in [1.29, 1.82) is 0 Å². The average molecular weight is 231 g/mol. The maximum Gasteiger partial charge on any atom is 0.0853 e. The lowest BCUT2D eigenvalue weighted by Gasteiger charge is -2.07. The first kappa shape index (κ1) is 11.7. The fourth-order valence-corrected chi connectivity index (χ4v) is 1.64. The highest BCUT2D eigenvalue weighted by Gasteiger charge is 2.05. The van der Waals surface area contributed by atoms with Gasteiger partial charge in [0.15, 0.2) is 0 Å². The lowest BCUT2D eigenvalue weighted by atomic mass is 10.3. The van der Waals surface area contributed by atoms with Gasteiger partial charge in [-0.15, -0.1) is 5.10 Å². The first-order chi connectivity index (χ1) is 8.31. The van der Waals surface area contributed by atoms with Crippen LogP contribution in [0.15, 0.2) is 24.7 Å². The number of hydrogen-bond acceptors (Lipinski definition) is 4. The molecule has 0 aliphatic heterocycles. The second kappa shape index (κ2) is 5.54. The van der Waals surface area contributed by atoms with Crippen molar-refractivity contribution in [3.63, 3.8) is 0 Å². The van der Waals surface area contributed by atoms with Gasteiger partial charge in [-0.3, -0.25) is 4.98 Å². The zero-order valence-electron chi connectivity index (χ0n) is 10.2. The first-order valence-corrected chi connectivity index (χ1v) is 5.83. The number of nitrogens with one attached hydrogen (secondary N) is 1. The van der Waals surface area contributed by atoms with Crippen LogP contribution in [0.1, 0.15) is 24.6 Å². The molecular formula is C12H17N5. The van der Waals surface area contributed by atoms with E-state index in [2.05, 4.69) is 27.5 Å². The minimum atomic E-state index is 0.773. The summed E-state index contributed by atoms with van der Waals surface area (Å²) in [7, 11) is 0. The van der Waals surface area contributed by atoms with Gasteiger partial charge in [-0.25, -0.2) is 4.68 Å². The third-order valence-corrected chi connectivity index (χ3v) is 2.46. The molecule has 0 unspecified atom stereocenters. The number of aryl methyl sites for hydroxylation is 1. The molecule has 2 rings (SSSR count). The Labute approximate surface area is 101 Å². The Morgan fingerprint density at radius 1 is 1.29 bits per heavy atom. The van der Waals surface area contributed by atoms with E-state index < -0.39 is 0 Å². The fourth-order valence-electron chi connectivity index (χ4n) is 1.64. The first-order valence-electron chi connectivity index (χ1n) is 5.83. The van der Waals surface area contributed by atoms with Crippen LogP contribution in [0.4, 0.5) is 0 Å². The van der Waals surface area contributed by atoms with Crippen molar-refractivity contribution < 1.29 is 0 Å². The van der Waals surface area contributed by atoms with Crippen molar-refractivity contribution >= 4 is 0 Å². The topological polar surface area (TPSA) is 55.6 Å². The predicted molar refractivity (Wildman–Crippen MR) is 65.9 cm³/mol. The number of hydrogen-bond donors (Lipinski definition) is 1. The molecule has 0 bridgehead atoms. The molecule has 2 heterocycles. The molecule has 0 radical (unpaired) electrons. The van der Waals surface area contributed by atoms with Gasteiger partial charge in [-0.2, -0.15) is 0 Å². The summed E-state index contributed by atoms with van der Waals surface area (Å²) in [6.45, 7) is 5.93. The largest absolute Gasteiger partial charge is 0.311 e. The van der Waals surface area contributed by atoms with Gasteiger partial charge in [-0.1, -0.05) is 12.1 Å². The Balaban J connectivity index is 2.18. The van der Waals surface area contributed by atoms with E-state index in [0.29, 0.717) is 0 Å². The molecule has 90 valence electrons. The van der Waals surface area contributed by atoms with Gasteiger partial charge >= 0.3 is 0 Å². The van der Waals surface area contributed by atoms with Crippen LogP contribution in [0.5, 0.6) is 0 Å². The lowest BCUT2D eigenvalue weighted by molar-refractivity contribution is 0.640. The molecule has 17 heavy (non-hydrogen) atoms. The maximum absolute atomic E-state index is 4.17. The molecule has 0 amide bonds. The van der Waals surface area contributed by atoms with Crippen molar-refractivity contribution in [2.75, 3.05) is 6.54 Å². The molecule has 5 heteroatoms. The molecular weight excluding hydrogens is 214 g/mol. The molecule has 0 fully saturated rings. The molecule has 1 N–H and O–H groups in total. The van der Waals surface area contributed by atoms with Gasteiger partial charge < -0.3 is 5.32 Å². The maximum atomic E-state index is 4.17. The van der Waals surface area contributed by atoms with E-state index in [0.717, 1.165) is 36.5 Å². The van der Waals surface area contributed by atoms with Crippen molar-refractivity contribution in [2.45, 2.75) is 26.8 Å². The van der Waals surface area contributed by atoms with Gasteiger partial charge in [0.25, 0.3) is 0 Å². The van der Waals surface area contributed by atoms with Crippen LogP contribution >= 0.6 is 0 Å². The van der Waals surface area contributed by atoms with E-state index in [-0.39, 0.29) is 0 Å². The zero-order valence-corrected chi connectivity index (χ0v) is 10.2. The summed E-state index contributed by atoms with van der Waals surface area (Å²) in [5.74, 6) is 0. The smallest absolute Gasteiger partial charge is 0.0853 e. The molecule has 2 aromatic heterocycles. The third-order valence-electron chi connectivity index (χ3n) is 2.46. The van der Waals surface area contributed by atoms with Crippen LogP contribution in [0.2, 0.25) is 0 Å². The van der Waals surface area contributed by atoms with E-state index in [1.54, 1.807) is 12.4 Å². The molecule has 0 aliphatic rings. The summed E-state index contributed by atoms with van der Waals surface area (Å²) in [6.07, 6.45) is 6.53. The third kappa shape index (κ3) is 2.88. The molecule has 0 atom stereocenters. The highest BCUT2D eigenvalue weighted by atomic mass is 15.4. The highest BCUT2D eigenvalue weighted by Crippen LogP contribution is 2.09. The van der Waals surface area contributed by atoms with E-state index >= 15 is 0 Å².